The van der Waals surface area contributed by atoms with Crippen molar-refractivity contribution in [1.82, 2.24) is 14.4 Å². The highest BCUT2D eigenvalue weighted by Gasteiger charge is 2.13. The van der Waals surface area contributed by atoms with Crippen molar-refractivity contribution in [3.8, 4) is 0 Å². The molecular weight excluding hydrogens is 250 g/mol. The van der Waals surface area contributed by atoms with E-state index in [1.807, 2.05) is 47.3 Å². The maximum atomic E-state index is 10.3. The highest BCUT2D eigenvalue weighted by Crippen LogP contribution is 2.17. The Kier molecular flexibility index (Phi) is 3.48. The van der Waals surface area contributed by atoms with Gasteiger partial charge in [0, 0.05) is 30.7 Å². The van der Waals surface area contributed by atoms with Gasteiger partial charge in [0.25, 0.3) is 0 Å². The minimum Gasteiger partial charge on any atom is -0.386 e. The highest BCUT2D eigenvalue weighted by molar-refractivity contribution is 5.39. The monoisotopic (exact) mass is 267 g/mol. The first-order chi connectivity index (χ1) is 9.76. The van der Waals surface area contributed by atoms with E-state index in [0.29, 0.717) is 12.1 Å². The zero-order valence-corrected chi connectivity index (χ0v) is 11.4. The lowest BCUT2D eigenvalue weighted by molar-refractivity contribution is 0.173. The predicted molar refractivity (Wildman–Crippen MR) is 77.5 cm³/mol. The molecule has 3 heterocycles. The molecule has 0 amide bonds. The second-order valence-corrected chi connectivity index (χ2v) is 4.86. The Labute approximate surface area is 117 Å². The largest absolute Gasteiger partial charge is 0.386 e. The average Bonchev–Trinajstić information content (AvgIpc) is 2.92. The molecule has 4 nitrogen and oxygen atoms in total. The first kappa shape index (κ1) is 12.8. The Balaban J connectivity index is 1.79. The van der Waals surface area contributed by atoms with Crippen LogP contribution in [0.25, 0.3) is 5.65 Å². The van der Waals surface area contributed by atoms with E-state index in [0.717, 1.165) is 17.8 Å². The number of aryl methyl sites for hydroxylation is 1. The Morgan fingerprint density at radius 3 is 2.85 bits per heavy atom. The van der Waals surface area contributed by atoms with Gasteiger partial charge in [0.1, 0.15) is 11.8 Å². The number of hydrogen-bond donors (Lipinski definition) is 1. The Hall–Kier alpha value is -2.20. The molecule has 1 unspecified atom stereocenters. The zero-order valence-electron chi connectivity index (χ0n) is 11.4. The van der Waals surface area contributed by atoms with E-state index in [1.54, 1.807) is 0 Å². The molecular formula is C16H17N3O. The van der Waals surface area contributed by atoms with Crippen LogP contribution in [0.1, 0.15) is 30.0 Å². The van der Waals surface area contributed by atoms with Crippen molar-refractivity contribution in [2.45, 2.75) is 25.9 Å². The molecule has 0 aliphatic rings. The molecule has 20 heavy (non-hydrogen) atoms. The molecule has 0 aliphatic carbocycles. The lowest BCUT2D eigenvalue weighted by atomic mass is 10.1. The molecule has 0 radical (unpaired) electrons. The minimum absolute atomic E-state index is 0.480. The van der Waals surface area contributed by atoms with E-state index in [2.05, 4.69) is 23.0 Å². The third-order valence-electron chi connectivity index (χ3n) is 3.42. The van der Waals surface area contributed by atoms with Crippen LogP contribution in [0.2, 0.25) is 0 Å². The van der Waals surface area contributed by atoms with Crippen LogP contribution in [0.15, 0.2) is 48.9 Å². The van der Waals surface area contributed by atoms with Crippen LogP contribution in [0.4, 0.5) is 0 Å². The van der Waals surface area contributed by atoms with E-state index in [-0.39, 0.29) is 0 Å². The van der Waals surface area contributed by atoms with Crippen molar-refractivity contribution in [3.63, 3.8) is 0 Å². The molecule has 3 aromatic rings. The van der Waals surface area contributed by atoms with E-state index >= 15 is 0 Å². The van der Waals surface area contributed by atoms with Crippen LogP contribution in [0.3, 0.4) is 0 Å². The van der Waals surface area contributed by atoms with Crippen LogP contribution in [-0.4, -0.2) is 19.5 Å². The first-order valence-electron chi connectivity index (χ1n) is 6.82. The molecule has 0 spiro atoms. The number of aliphatic hydroxyl groups is 1. The third-order valence-corrected chi connectivity index (χ3v) is 3.42. The van der Waals surface area contributed by atoms with Gasteiger partial charge in [0.15, 0.2) is 0 Å². The van der Waals surface area contributed by atoms with Crippen LogP contribution >= 0.6 is 0 Å². The predicted octanol–water partition coefficient (Wildman–Crippen LogP) is 2.57. The fraction of sp³-hybridized carbons (Fsp3) is 0.250. The molecule has 0 aromatic carbocycles. The summed E-state index contributed by atoms with van der Waals surface area (Å²) in [6.45, 7) is 2.10. The highest BCUT2D eigenvalue weighted by atomic mass is 16.3. The van der Waals surface area contributed by atoms with Crippen LogP contribution in [0.5, 0.6) is 0 Å². The van der Waals surface area contributed by atoms with Gasteiger partial charge in [-0.05, 0) is 30.2 Å². The number of hydrogen-bond acceptors (Lipinski definition) is 3. The number of pyridine rings is 2. The van der Waals surface area contributed by atoms with Crippen molar-refractivity contribution in [2.75, 3.05) is 0 Å². The van der Waals surface area contributed by atoms with Gasteiger partial charge in [0.2, 0.25) is 0 Å². The minimum atomic E-state index is -0.630. The summed E-state index contributed by atoms with van der Waals surface area (Å²) in [5.74, 6) is 0. The number of nitrogens with zero attached hydrogens (tertiary/aromatic N) is 3. The average molecular weight is 267 g/mol. The van der Waals surface area contributed by atoms with Gasteiger partial charge in [-0.15, -0.1) is 0 Å². The second kappa shape index (κ2) is 5.43. The van der Waals surface area contributed by atoms with E-state index in [9.17, 15) is 5.11 Å². The fourth-order valence-electron chi connectivity index (χ4n) is 2.20. The summed E-state index contributed by atoms with van der Waals surface area (Å²) in [7, 11) is 0. The van der Waals surface area contributed by atoms with E-state index < -0.39 is 6.10 Å². The number of fused-ring (bicyclic) bond motifs is 1. The van der Waals surface area contributed by atoms with Crippen LogP contribution in [-0.2, 0) is 12.8 Å². The third kappa shape index (κ3) is 2.56. The lowest BCUT2D eigenvalue weighted by Crippen LogP contribution is -2.04. The van der Waals surface area contributed by atoms with E-state index in [1.165, 1.54) is 5.56 Å². The normalized spacial score (nSPS) is 12.7. The summed E-state index contributed by atoms with van der Waals surface area (Å²) in [5, 5.41) is 10.3. The Morgan fingerprint density at radius 2 is 2.15 bits per heavy atom. The molecule has 0 aliphatic heterocycles. The van der Waals surface area contributed by atoms with Gasteiger partial charge in [-0.1, -0.05) is 19.1 Å². The van der Waals surface area contributed by atoms with Crippen molar-refractivity contribution < 1.29 is 5.11 Å². The molecule has 3 aromatic heterocycles. The molecule has 0 fully saturated rings. The van der Waals surface area contributed by atoms with Crippen molar-refractivity contribution in [2.24, 2.45) is 0 Å². The summed E-state index contributed by atoms with van der Waals surface area (Å²) in [6, 6.07) is 9.82. The van der Waals surface area contributed by atoms with Gasteiger partial charge >= 0.3 is 0 Å². The van der Waals surface area contributed by atoms with E-state index in [4.69, 9.17) is 0 Å². The summed E-state index contributed by atoms with van der Waals surface area (Å²) >= 11 is 0. The number of imidazole rings is 1. The van der Waals surface area contributed by atoms with Gasteiger partial charge in [-0.2, -0.15) is 0 Å². The standard InChI is InChI=1S/C16H17N3O/c1-2-12-6-7-13(17-10-12)9-15(20)14-11-19-8-4-3-5-16(19)18-14/h3-8,10-11,15,20H,2,9H2,1H3. The summed E-state index contributed by atoms with van der Waals surface area (Å²) in [4.78, 5) is 8.80. The smallest absolute Gasteiger partial charge is 0.137 e. The van der Waals surface area contributed by atoms with Crippen molar-refractivity contribution in [3.05, 3.63) is 65.9 Å². The SMILES string of the molecule is CCc1ccc(CC(O)c2cn3ccccc3n2)nc1. The lowest BCUT2D eigenvalue weighted by Gasteiger charge is -2.07. The molecule has 4 heteroatoms. The van der Waals surface area contributed by atoms with Crippen LogP contribution in [0, 0.1) is 0 Å². The summed E-state index contributed by atoms with van der Waals surface area (Å²) in [5.41, 5.74) is 3.61. The Bertz CT molecular complexity index is 670. The molecule has 0 bridgehead atoms. The van der Waals surface area contributed by atoms with Crippen molar-refractivity contribution >= 4 is 5.65 Å². The molecule has 1 atom stereocenters. The number of aromatic nitrogens is 3. The second-order valence-electron chi connectivity index (χ2n) is 4.86. The van der Waals surface area contributed by atoms with Gasteiger partial charge in [-0.3, -0.25) is 4.98 Å². The van der Waals surface area contributed by atoms with Gasteiger partial charge in [-0.25, -0.2) is 4.98 Å². The first-order valence-corrected chi connectivity index (χ1v) is 6.82. The van der Waals surface area contributed by atoms with Crippen LogP contribution < -0.4 is 0 Å². The van der Waals surface area contributed by atoms with Gasteiger partial charge < -0.3 is 9.51 Å². The molecule has 3 rings (SSSR count). The molecule has 0 saturated carbocycles. The zero-order chi connectivity index (χ0) is 13.9. The fourth-order valence-corrected chi connectivity index (χ4v) is 2.20. The Morgan fingerprint density at radius 1 is 1.25 bits per heavy atom. The molecule has 1 N–H and O–H groups in total. The quantitative estimate of drug-likeness (QED) is 0.790. The summed E-state index contributed by atoms with van der Waals surface area (Å²) < 4.78 is 1.91. The summed E-state index contributed by atoms with van der Waals surface area (Å²) in [6.07, 6.45) is 6.48. The van der Waals surface area contributed by atoms with Gasteiger partial charge in [0.05, 0.1) is 5.69 Å². The molecule has 102 valence electrons. The number of rotatable bonds is 4. The molecule has 0 saturated heterocycles. The number of aliphatic hydroxyl groups excluding tert-OH is 1. The maximum absolute atomic E-state index is 10.3. The maximum Gasteiger partial charge on any atom is 0.137 e. The topological polar surface area (TPSA) is 50.4 Å². The van der Waals surface area contributed by atoms with Crippen molar-refractivity contribution in [1.29, 1.82) is 0 Å².